The van der Waals surface area contributed by atoms with Gasteiger partial charge in [-0.1, -0.05) is 19.8 Å². The molecule has 0 saturated heterocycles. The van der Waals surface area contributed by atoms with Crippen molar-refractivity contribution in [3.8, 4) is 0 Å². The number of esters is 1. The molecule has 100 valence electrons. The van der Waals surface area contributed by atoms with Crippen LogP contribution in [0, 0.1) is 0 Å². The number of rotatable bonds is 7. The first-order chi connectivity index (χ1) is 8.21. The second-order valence-corrected chi connectivity index (χ2v) is 4.75. The third kappa shape index (κ3) is 4.64. The predicted molar refractivity (Wildman–Crippen MR) is 66.9 cm³/mol. The van der Waals surface area contributed by atoms with Gasteiger partial charge in [0.15, 0.2) is 0 Å². The second-order valence-electron chi connectivity index (χ2n) is 4.75. The molecule has 3 unspecified atom stereocenters. The molecule has 0 aromatic carbocycles. The zero-order valence-corrected chi connectivity index (χ0v) is 11.2. The lowest BCUT2D eigenvalue weighted by Gasteiger charge is -2.21. The van der Waals surface area contributed by atoms with Crippen LogP contribution in [0.15, 0.2) is 0 Å². The van der Waals surface area contributed by atoms with Crippen LogP contribution >= 0.6 is 0 Å². The van der Waals surface area contributed by atoms with Crippen molar-refractivity contribution in [3.63, 3.8) is 0 Å². The predicted octanol–water partition coefficient (Wildman–Crippen LogP) is 1.88. The molecule has 0 spiro atoms. The standard InChI is InChI=1S/C13H25NO3/c1-4-5-6-12(13(15)17-3)14-10-7-8-11(9-10)16-2/h10-12,14H,4-9H2,1-3H3. The van der Waals surface area contributed by atoms with E-state index in [0.717, 1.165) is 38.5 Å². The fourth-order valence-corrected chi connectivity index (χ4v) is 2.41. The van der Waals surface area contributed by atoms with E-state index in [9.17, 15) is 4.79 Å². The molecule has 0 aromatic rings. The molecule has 1 aliphatic rings. The number of ether oxygens (including phenoxy) is 2. The SMILES string of the molecule is CCCCC(NC1CCC(OC)C1)C(=O)OC. The molecule has 0 aliphatic heterocycles. The monoisotopic (exact) mass is 243 g/mol. The van der Waals surface area contributed by atoms with Gasteiger partial charge in [-0.15, -0.1) is 0 Å². The molecule has 1 N–H and O–H groups in total. The van der Waals surface area contributed by atoms with Crippen LogP contribution in [0.1, 0.15) is 45.4 Å². The van der Waals surface area contributed by atoms with E-state index in [4.69, 9.17) is 9.47 Å². The Hall–Kier alpha value is -0.610. The average Bonchev–Trinajstić information content (AvgIpc) is 2.81. The van der Waals surface area contributed by atoms with Gasteiger partial charge in [-0.05, 0) is 25.7 Å². The Kier molecular flexibility index (Phi) is 6.52. The Balaban J connectivity index is 2.40. The highest BCUT2D eigenvalue weighted by atomic mass is 16.5. The third-order valence-corrected chi connectivity index (χ3v) is 3.49. The summed E-state index contributed by atoms with van der Waals surface area (Å²) < 4.78 is 10.2. The fourth-order valence-electron chi connectivity index (χ4n) is 2.41. The number of carbonyl (C=O) groups is 1. The van der Waals surface area contributed by atoms with E-state index in [2.05, 4.69) is 12.2 Å². The maximum absolute atomic E-state index is 11.6. The molecule has 0 radical (unpaired) electrons. The highest BCUT2D eigenvalue weighted by Gasteiger charge is 2.28. The summed E-state index contributed by atoms with van der Waals surface area (Å²) in [5.74, 6) is -0.140. The van der Waals surface area contributed by atoms with Crippen molar-refractivity contribution in [2.24, 2.45) is 0 Å². The van der Waals surface area contributed by atoms with Crippen LogP contribution in [0.4, 0.5) is 0 Å². The van der Waals surface area contributed by atoms with Crippen LogP contribution in [0.3, 0.4) is 0 Å². The molecule has 1 saturated carbocycles. The number of carbonyl (C=O) groups excluding carboxylic acids is 1. The Morgan fingerprint density at radius 1 is 1.41 bits per heavy atom. The van der Waals surface area contributed by atoms with Gasteiger partial charge < -0.3 is 14.8 Å². The number of hydrogen-bond donors (Lipinski definition) is 1. The topological polar surface area (TPSA) is 47.6 Å². The summed E-state index contributed by atoms with van der Waals surface area (Å²) in [5.41, 5.74) is 0. The van der Waals surface area contributed by atoms with Gasteiger partial charge in [0.25, 0.3) is 0 Å². The zero-order chi connectivity index (χ0) is 12.7. The van der Waals surface area contributed by atoms with Crippen molar-refractivity contribution in [2.75, 3.05) is 14.2 Å². The maximum Gasteiger partial charge on any atom is 0.322 e. The summed E-state index contributed by atoms with van der Waals surface area (Å²) >= 11 is 0. The first kappa shape index (κ1) is 14.5. The molecule has 0 bridgehead atoms. The van der Waals surface area contributed by atoms with Crippen molar-refractivity contribution in [3.05, 3.63) is 0 Å². The lowest BCUT2D eigenvalue weighted by Crippen LogP contribution is -2.43. The van der Waals surface area contributed by atoms with Gasteiger partial charge in [-0.3, -0.25) is 4.79 Å². The van der Waals surface area contributed by atoms with Crippen molar-refractivity contribution >= 4 is 5.97 Å². The van der Waals surface area contributed by atoms with Crippen molar-refractivity contribution in [1.82, 2.24) is 5.32 Å². The maximum atomic E-state index is 11.6. The van der Waals surface area contributed by atoms with Gasteiger partial charge in [0, 0.05) is 13.2 Å². The summed E-state index contributed by atoms with van der Waals surface area (Å²) in [5, 5.41) is 3.41. The molecule has 4 nitrogen and oxygen atoms in total. The minimum atomic E-state index is -0.152. The molecule has 0 amide bonds. The van der Waals surface area contributed by atoms with Crippen LogP contribution in [0.5, 0.6) is 0 Å². The number of hydrogen-bond acceptors (Lipinski definition) is 4. The highest BCUT2D eigenvalue weighted by molar-refractivity contribution is 5.75. The van der Waals surface area contributed by atoms with E-state index in [1.54, 1.807) is 7.11 Å². The Morgan fingerprint density at radius 3 is 2.71 bits per heavy atom. The summed E-state index contributed by atoms with van der Waals surface area (Å²) in [6.45, 7) is 2.13. The second kappa shape index (κ2) is 7.67. The van der Waals surface area contributed by atoms with E-state index < -0.39 is 0 Å². The first-order valence-electron chi connectivity index (χ1n) is 6.57. The number of unbranched alkanes of at least 4 members (excludes halogenated alkanes) is 1. The molecule has 17 heavy (non-hydrogen) atoms. The van der Waals surface area contributed by atoms with Gasteiger partial charge >= 0.3 is 5.97 Å². The molecule has 0 aromatic heterocycles. The fraction of sp³-hybridized carbons (Fsp3) is 0.923. The number of methoxy groups -OCH3 is 2. The summed E-state index contributed by atoms with van der Waals surface area (Å²) in [4.78, 5) is 11.6. The van der Waals surface area contributed by atoms with Crippen LogP contribution in [0.2, 0.25) is 0 Å². The minimum Gasteiger partial charge on any atom is -0.468 e. The van der Waals surface area contributed by atoms with Gasteiger partial charge in [-0.2, -0.15) is 0 Å². The largest absolute Gasteiger partial charge is 0.468 e. The molecule has 1 fully saturated rings. The van der Waals surface area contributed by atoms with E-state index in [1.807, 2.05) is 0 Å². The summed E-state index contributed by atoms with van der Waals surface area (Å²) in [6, 6.07) is 0.237. The van der Waals surface area contributed by atoms with E-state index >= 15 is 0 Å². The highest BCUT2D eigenvalue weighted by Crippen LogP contribution is 2.22. The smallest absolute Gasteiger partial charge is 0.322 e. The van der Waals surface area contributed by atoms with Crippen LogP contribution in [-0.4, -0.2) is 38.4 Å². The van der Waals surface area contributed by atoms with Gasteiger partial charge in [0.1, 0.15) is 6.04 Å². The minimum absolute atomic E-state index is 0.140. The van der Waals surface area contributed by atoms with Crippen molar-refractivity contribution in [2.45, 2.75) is 63.6 Å². The molecule has 0 heterocycles. The summed E-state index contributed by atoms with van der Waals surface area (Å²) in [6.07, 6.45) is 6.51. The quantitative estimate of drug-likeness (QED) is 0.694. The molecular formula is C13H25NO3. The van der Waals surface area contributed by atoms with Crippen molar-refractivity contribution < 1.29 is 14.3 Å². The first-order valence-corrected chi connectivity index (χ1v) is 6.57. The Labute approximate surface area is 104 Å². The molecule has 1 rings (SSSR count). The number of nitrogens with one attached hydrogen (secondary N) is 1. The zero-order valence-electron chi connectivity index (χ0n) is 11.2. The van der Waals surface area contributed by atoms with Gasteiger partial charge in [0.05, 0.1) is 13.2 Å². The van der Waals surface area contributed by atoms with Crippen LogP contribution in [0.25, 0.3) is 0 Å². The Bertz CT molecular complexity index is 233. The lowest BCUT2D eigenvalue weighted by atomic mass is 10.1. The molecule has 1 aliphatic carbocycles. The average molecular weight is 243 g/mol. The van der Waals surface area contributed by atoms with Gasteiger partial charge in [0.2, 0.25) is 0 Å². The Morgan fingerprint density at radius 2 is 2.18 bits per heavy atom. The molecule has 3 atom stereocenters. The van der Waals surface area contributed by atoms with Crippen LogP contribution < -0.4 is 5.32 Å². The third-order valence-electron chi connectivity index (χ3n) is 3.49. The summed E-state index contributed by atoms with van der Waals surface area (Å²) in [7, 11) is 3.21. The van der Waals surface area contributed by atoms with Crippen LogP contribution in [-0.2, 0) is 14.3 Å². The lowest BCUT2D eigenvalue weighted by molar-refractivity contribution is -0.143. The molecule has 4 heteroatoms. The van der Waals surface area contributed by atoms with Gasteiger partial charge in [-0.25, -0.2) is 0 Å². The van der Waals surface area contributed by atoms with Crippen molar-refractivity contribution in [1.29, 1.82) is 0 Å². The molecular weight excluding hydrogens is 218 g/mol. The van der Waals surface area contributed by atoms with E-state index in [-0.39, 0.29) is 12.0 Å². The van der Waals surface area contributed by atoms with E-state index in [1.165, 1.54) is 7.11 Å². The van der Waals surface area contributed by atoms with E-state index in [0.29, 0.717) is 12.1 Å². The normalized spacial score (nSPS) is 25.8.